The van der Waals surface area contributed by atoms with Crippen molar-refractivity contribution in [2.45, 2.75) is 70.6 Å². The predicted octanol–water partition coefficient (Wildman–Crippen LogP) is 7.49. The van der Waals surface area contributed by atoms with Gasteiger partial charge in [0.15, 0.2) is 0 Å². The summed E-state index contributed by atoms with van der Waals surface area (Å²) in [6.07, 6.45) is 2.83. The van der Waals surface area contributed by atoms with Gasteiger partial charge in [0.1, 0.15) is 22.9 Å². The van der Waals surface area contributed by atoms with E-state index in [1.54, 1.807) is 18.2 Å². The molecule has 2 unspecified atom stereocenters. The standard InChI is InChI=1S/C32H36FNO2/c1-5-18-32(4,23-14-16-24(33)17-15-23)29-19-26-25(21-34(29)20-22-10-7-6-8-11-22)30-27(35)12-9-13-28(30)36-31(26,2)3/h6-17,29,35H,5,18-21H2,1-4H3. The molecule has 0 aromatic heterocycles. The van der Waals surface area contributed by atoms with Crippen molar-refractivity contribution in [3.63, 3.8) is 0 Å². The largest absolute Gasteiger partial charge is 0.507 e. The Morgan fingerprint density at radius 2 is 1.75 bits per heavy atom. The van der Waals surface area contributed by atoms with Crippen molar-refractivity contribution in [3.8, 4) is 11.5 Å². The van der Waals surface area contributed by atoms with E-state index in [0.717, 1.165) is 42.7 Å². The lowest BCUT2D eigenvalue weighted by atomic mass is 9.66. The lowest BCUT2D eigenvalue weighted by molar-refractivity contribution is 0.0827. The molecule has 188 valence electrons. The molecule has 0 amide bonds. The number of phenols is 1. The first kappa shape index (κ1) is 24.6. The molecule has 36 heavy (non-hydrogen) atoms. The van der Waals surface area contributed by atoms with Gasteiger partial charge < -0.3 is 9.84 Å². The molecule has 0 aliphatic carbocycles. The summed E-state index contributed by atoms with van der Waals surface area (Å²) in [4.78, 5) is 2.56. The van der Waals surface area contributed by atoms with Crippen LogP contribution >= 0.6 is 0 Å². The van der Waals surface area contributed by atoms with Crippen LogP contribution in [-0.4, -0.2) is 28.2 Å². The highest BCUT2D eigenvalue weighted by Gasteiger charge is 2.47. The summed E-state index contributed by atoms with van der Waals surface area (Å²) in [7, 11) is 0. The lowest BCUT2D eigenvalue weighted by Crippen LogP contribution is -2.54. The second-order valence-corrected chi connectivity index (χ2v) is 11.0. The Kier molecular flexibility index (Phi) is 6.42. The van der Waals surface area contributed by atoms with E-state index in [1.165, 1.54) is 16.7 Å². The number of benzene rings is 3. The Balaban J connectivity index is 1.66. The van der Waals surface area contributed by atoms with E-state index in [4.69, 9.17) is 4.74 Å². The van der Waals surface area contributed by atoms with Crippen molar-refractivity contribution in [1.29, 1.82) is 0 Å². The van der Waals surface area contributed by atoms with Gasteiger partial charge in [-0.15, -0.1) is 0 Å². The summed E-state index contributed by atoms with van der Waals surface area (Å²) >= 11 is 0. The molecule has 2 heterocycles. The van der Waals surface area contributed by atoms with Gasteiger partial charge in [-0.1, -0.05) is 68.8 Å². The fourth-order valence-electron chi connectivity index (χ4n) is 6.40. The molecule has 3 aromatic carbocycles. The molecular formula is C32H36FNO2. The third-order valence-corrected chi connectivity index (χ3v) is 8.20. The van der Waals surface area contributed by atoms with Crippen molar-refractivity contribution in [1.82, 2.24) is 4.90 Å². The number of aromatic hydroxyl groups is 1. The molecule has 2 aliphatic rings. The fraction of sp³-hybridized carbons (Fsp3) is 0.375. The maximum absolute atomic E-state index is 13.9. The molecule has 0 radical (unpaired) electrons. The van der Waals surface area contributed by atoms with Crippen LogP contribution in [0.1, 0.15) is 63.6 Å². The molecule has 0 spiro atoms. The molecule has 0 fully saturated rings. The van der Waals surface area contributed by atoms with E-state index >= 15 is 0 Å². The summed E-state index contributed by atoms with van der Waals surface area (Å²) in [6, 6.07) is 23.4. The maximum atomic E-state index is 13.9. The van der Waals surface area contributed by atoms with E-state index in [-0.39, 0.29) is 23.0 Å². The zero-order valence-electron chi connectivity index (χ0n) is 21.7. The molecule has 2 aliphatic heterocycles. The van der Waals surface area contributed by atoms with Gasteiger partial charge >= 0.3 is 0 Å². The van der Waals surface area contributed by atoms with Crippen LogP contribution in [0.3, 0.4) is 0 Å². The SMILES string of the molecule is CCCC(C)(c1ccc(F)cc1)C1CC2=C(CN1Cc1ccccc1)c1c(O)cccc1OC2(C)C. The summed E-state index contributed by atoms with van der Waals surface area (Å²) in [6.45, 7) is 10.3. The van der Waals surface area contributed by atoms with Crippen LogP contribution < -0.4 is 4.74 Å². The lowest BCUT2D eigenvalue weighted by Gasteiger charge is -2.51. The van der Waals surface area contributed by atoms with Gasteiger partial charge in [0.2, 0.25) is 0 Å². The minimum absolute atomic E-state index is 0.178. The average molecular weight is 486 g/mol. The number of ether oxygens (including phenoxy) is 1. The third-order valence-electron chi connectivity index (χ3n) is 8.20. The van der Waals surface area contributed by atoms with Gasteiger partial charge in [0, 0.05) is 24.5 Å². The number of rotatable bonds is 6. The van der Waals surface area contributed by atoms with Gasteiger partial charge in [-0.25, -0.2) is 4.39 Å². The number of phenolic OH excluding ortho intramolecular Hbond substituents is 1. The van der Waals surface area contributed by atoms with E-state index in [0.29, 0.717) is 6.54 Å². The molecule has 1 N–H and O–H groups in total. The second kappa shape index (κ2) is 9.40. The smallest absolute Gasteiger partial charge is 0.131 e. The van der Waals surface area contributed by atoms with Gasteiger partial charge in [-0.05, 0) is 73.2 Å². The van der Waals surface area contributed by atoms with Crippen LogP contribution in [0.25, 0.3) is 5.57 Å². The number of fused-ring (bicyclic) bond motifs is 2. The number of hydrogen-bond acceptors (Lipinski definition) is 3. The molecule has 3 aromatic rings. The number of halogens is 1. The molecule has 4 heteroatoms. The second-order valence-electron chi connectivity index (χ2n) is 11.0. The molecule has 5 rings (SSSR count). The zero-order chi connectivity index (χ0) is 25.5. The molecule has 2 atom stereocenters. The van der Waals surface area contributed by atoms with Crippen molar-refractivity contribution in [2.75, 3.05) is 6.54 Å². The summed E-state index contributed by atoms with van der Waals surface area (Å²) in [5.41, 5.74) is 4.99. The van der Waals surface area contributed by atoms with Gasteiger partial charge in [-0.2, -0.15) is 0 Å². The van der Waals surface area contributed by atoms with Crippen molar-refractivity contribution < 1.29 is 14.2 Å². The highest BCUT2D eigenvalue weighted by molar-refractivity contribution is 5.82. The quantitative estimate of drug-likeness (QED) is 0.393. The van der Waals surface area contributed by atoms with Crippen LogP contribution in [0, 0.1) is 5.82 Å². The Hall–Kier alpha value is -3.11. The minimum atomic E-state index is -0.483. The van der Waals surface area contributed by atoms with Crippen molar-refractivity contribution in [2.24, 2.45) is 0 Å². The van der Waals surface area contributed by atoms with Crippen molar-refractivity contribution >= 4 is 5.57 Å². The molecular weight excluding hydrogens is 449 g/mol. The van der Waals surface area contributed by atoms with Gasteiger partial charge in [-0.3, -0.25) is 4.90 Å². The minimum Gasteiger partial charge on any atom is -0.507 e. The Labute approximate surface area is 214 Å². The van der Waals surface area contributed by atoms with Crippen LogP contribution in [0.15, 0.2) is 78.4 Å². The first-order chi connectivity index (χ1) is 17.2. The molecule has 3 nitrogen and oxygen atoms in total. The Morgan fingerprint density at radius 3 is 2.44 bits per heavy atom. The average Bonchev–Trinajstić information content (AvgIpc) is 2.84. The van der Waals surface area contributed by atoms with Crippen LogP contribution in [-0.2, 0) is 12.0 Å². The first-order valence-corrected chi connectivity index (χ1v) is 13.0. The zero-order valence-corrected chi connectivity index (χ0v) is 21.7. The number of hydrogen-bond donors (Lipinski definition) is 1. The van der Waals surface area contributed by atoms with Crippen molar-refractivity contribution in [3.05, 3.63) is 101 Å². The summed E-state index contributed by atoms with van der Waals surface area (Å²) < 4.78 is 20.4. The third kappa shape index (κ3) is 4.32. The molecule has 0 saturated carbocycles. The van der Waals surface area contributed by atoms with E-state index in [2.05, 4.69) is 56.9 Å². The predicted molar refractivity (Wildman–Crippen MR) is 144 cm³/mol. The van der Waals surface area contributed by atoms with Gasteiger partial charge in [0.25, 0.3) is 0 Å². The Bertz CT molecular complexity index is 1270. The normalized spacial score (nSPS) is 20.8. The molecule has 0 bridgehead atoms. The van der Waals surface area contributed by atoms with E-state index in [1.807, 2.05) is 30.3 Å². The van der Waals surface area contributed by atoms with Gasteiger partial charge in [0.05, 0.1) is 5.56 Å². The first-order valence-electron chi connectivity index (χ1n) is 13.0. The van der Waals surface area contributed by atoms with Crippen LogP contribution in [0.4, 0.5) is 4.39 Å². The van der Waals surface area contributed by atoms with Crippen LogP contribution in [0.5, 0.6) is 11.5 Å². The number of nitrogens with zero attached hydrogens (tertiary/aromatic N) is 1. The van der Waals surface area contributed by atoms with Crippen LogP contribution in [0.2, 0.25) is 0 Å². The molecule has 0 saturated heterocycles. The van der Waals surface area contributed by atoms with E-state index in [9.17, 15) is 9.50 Å². The van der Waals surface area contributed by atoms with E-state index < -0.39 is 5.60 Å². The summed E-state index contributed by atoms with van der Waals surface area (Å²) in [5.74, 6) is 0.802. The summed E-state index contributed by atoms with van der Waals surface area (Å²) in [5, 5.41) is 10.9. The topological polar surface area (TPSA) is 32.7 Å². The Morgan fingerprint density at radius 1 is 1.03 bits per heavy atom. The monoisotopic (exact) mass is 485 g/mol. The fourth-order valence-corrected chi connectivity index (χ4v) is 6.40. The highest BCUT2D eigenvalue weighted by Crippen LogP contribution is 2.51. The highest BCUT2D eigenvalue weighted by atomic mass is 19.1. The maximum Gasteiger partial charge on any atom is 0.131 e.